The van der Waals surface area contributed by atoms with Crippen molar-refractivity contribution in [3.8, 4) is 0 Å². The molecule has 1 aliphatic heterocycles. The van der Waals surface area contributed by atoms with Gasteiger partial charge in [0.05, 0.1) is 30.8 Å². The van der Waals surface area contributed by atoms with Crippen LogP contribution in [0.3, 0.4) is 0 Å². The zero-order valence-electron chi connectivity index (χ0n) is 39.7. The Morgan fingerprint density at radius 3 is 2.06 bits per heavy atom. The Bertz CT molecular complexity index is 1770. The fourth-order valence-electron chi connectivity index (χ4n) is 8.94. The van der Waals surface area contributed by atoms with Crippen molar-refractivity contribution in [1.82, 2.24) is 20.4 Å². The van der Waals surface area contributed by atoms with Gasteiger partial charge in [-0.3, -0.25) is 28.8 Å². The number of fused-ring (bicyclic) bond motifs is 4. The molecule has 4 bridgehead atoms. The monoisotopic (exact) mass is 911 g/mol. The second kappa shape index (κ2) is 28.4. The number of rotatable bonds is 26. The SMILES string of the molecule is CCCCCCCCCCCCCCCC(=O)N(C)[C@@H](CO)CCC(=O)N[C@H](C)C(=O)CCC(=O)N(C)[C@@H]1C(=O)C[C@@H](C)C(=O)N[C@H](C(=O)O)CC2=CCC(O)C(=C2)C2=C(O)C=C[C@H]1C2. The Morgan fingerprint density at radius 2 is 1.46 bits per heavy atom. The lowest BCUT2D eigenvalue weighted by Gasteiger charge is -2.36. The van der Waals surface area contributed by atoms with E-state index in [1.807, 2.05) is 0 Å². The summed E-state index contributed by atoms with van der Waals surface area (Å²) in [5.41, 5.74) is 1.25. The lowest BCUT2D eigenvalue weighted by Crippen LogP contribution is -2.49. The molecule has 0 saturated carbocycles. The Hall–Kier alpha value is -4.63. The van der Waals surface area contributed by atoms with E-state index >= 15 is 0 Å². The van der Waals surface area contributed by atoms with Crippen molar-refractivity contribution in [2.75, 3.05) is 20.7 Å². The summed E-state index contributed by atoms with van der Waals surface area (Å²) in [6, 6.07) is -3.96. The molecule has 15 heteroatoms. The van der Waals surface area contributed by atoms with Crippen molar-refractivity contribution in [3.63, 3.8) is 0 Å². The number of Topliss-reactive ketones (excluding diaryl/α,β-unsaturated/α-hetero) is 2. The fraction of sp³-hybridized carbons (Fsp3) is 0.700. The van der Waals surface area contributed by atoms with Crippen molar-refractivity contribution in [2.24, 2.45) is 11.8 Å². The minimum Gasteiger partial charge on any atom is -0.508 e. The summed E-state index contributed by atoms with van der Waals surface area (Å²) in [7, 11) is 3.05. The van der Waals surface area contributed by atoms with Gasteiger partial charge in [-0.25, -0.2) is 4.79 Å². The minimum atomic E-state index is -1.31. The molecule has 15 nitrogen and oxygen atoms in total. The number of carbonyl (C=O) groups excluding carboxylic acids is 6. The predicted molar refractivity (Wildman–Crippen MR) is 248 cm³/mol. The highest BCUT2D eigenvalue weighted by atomic mass is 16.4. The Morgan fingerprint density at radius 1 is 0.846 bits per heavy atom. The number of amides is 4. The smallest absolute Gasteiger partial charge is 0.326 e. The average molecular weight is 911 g/mol. The van der Waals surface area contributed by atoms with Gasteiger partial charge in [-0.05, 0) is 49.8 Å². The first-order valence-corrected chi connectivity index (χ1v) is 24.2. The number of aliphatic carboxylic acids is 1. The number of ketones is 2. The molecule has 6 N–H and O–H groups in total. The van der Waals surface area contributed by atoms with Gasteiger partial charge in [-0.1, -0.05) is 109 Å². The van der Waals surface area contributed by atoms with E-state index in [1.54, 1.807) is 25.3 Å². The first kappa shape index (κ1) is 54.7. The van der Waals surface area contributed by atoms with Gasteiger partial charge >= 0.3 is 5.97 Å². The van der Waals surface area contributed by atoms with E-state index in [0.717, 1.165) is 19.3 Å². The molecule has 3 rings (SSSR count). The van der Waals surface area contributed by atoms with Gasteiger partial charge in [0, 0.05) is 70.0 Å². The van der Waals surface area contributed by atoms with Crippen LogP contribution in [0.4, 0.5) is 0 Å². The minimum absolute atomic E-state index is 0.0372. The summed E-state index contributed by atoms with van der Waals surface area (Å²) in [5, 5.41) is 47.0. The van der Waals surface area contributed by atoms with Crippen molar-refractivity contribution >= 4 is 41.2 Å². The van der Waals surface area contributed by atoms with E-state index in [-0.39, 0.29) is 69.6 Å². The lowest BCUT2D eigenvalue weighted by molar-refractivity contribution is -0.143. The normalized spacial score (nSPS) is 22.2. The molecule has 0 aromatic rings. The molecule has 0 aromatic heterocycles. The van der Waals surface area contributed by atoms with Crippen molar-refractivity contribution < 1.29 is 54.0 Å². The van der Waals surface area contributed by atoms with Gasteiger partial charge < -0.3 is 40.9 Å². The highest BCUT2D eigenvalue weighted by Gasteiger charge is 2.39. The third kappa shape index (κ3) is 17.9. The zero-order chi connectivity index (χ0) is 48.1. The van der Waals surface area contributed by atoms with Crippen LogP contribution in [0.15, 0.2) is 46.8 Å². The third-order valence-corrected chi connectivity index (χ3v) is 13.3. The van der Waals surface area contributed by atoms with Crippen LogP contribution in [-0.2, 0) is 33.6 Å². The molecule has 65 heavy (non-hydrogen) atoms. The van der Waals surface area contributed by atoms with Crippen LogP contribution in [0.25, 0.3) is 0 Å². The molecule has 7 atom stereocenters. The van der Waals surface area contributed by atoms with Gasteiger partial charge in [0.1, 0.15) is 11.8 Å². The molecular formula is C50H78N4O11. The van der Waals surface area contributed by atoms with Crippen LogP contribution in [0.2, 0.25) is 0 Å². The number of nitrogens with zero attached hydrogens (tertiary/aromatic N) is 2. The molecule has 1 unspecified atom stereocenters. The molecule has 1 heterocycles. The van der Waals surface area contributed by atoms with E-state index in [9.17, 15) is 54.0 Å². The maximum atomic E-state index is 14.1. The molecular weight excluding hydrogens is 833 g/mol. The van der Waals surface area contributed by atoms with Crippen LogP contribution >= 0.6 is 0 Å². The quantitative estimate of drug-likeness (QED) is 0.0526. The van der Waals surface area contributed by atoms with Gasteiger partial charge in [-0.15, -0.1) is 0 Å². The number of likely N-dealkylation sites (N-methyl/N-ethyl adjacent to an activating group) is 2. The summed E-state index contributed by atoms with van der Waals surface area (Å²) in [6.07, 6.45) is 20.7. The first-order valence-electron chi connectivity index (χ1n) is 24.2. The van der Waals surface area contributed by atoms with Crippen molar-refractivity contribution in [2.45, 2.75) is 192 Å². The summed E-state index contributed by atoms with van der Waals surface area (Å²) in [5.74, 6) is -5.68. The summed E-state index contributed by atoms with van der Waals surface area (Å²) in [6.45, 7) is 4.92. The highest BCUT2D eigenvalue weighted by molar-refractivity contribution is 5.95. The largest absolute Gasteiger partial charge is 0.508 e. The van der Waals surface area contributed by atoms with Crippen LogP contribution in [0, 0.1) is 11.8 Å². The van der Waals surface area contributed by atoms with Gasteiger partial charge in [-0.2, -0.15) is 0 Å². The number of aliphatic hydroxyl groups excluding tert-OH is 3. The zero-order valence-corrected chi connectivity index (χ0v) is 39.7. The van der Waals surface area contributed by atoms with Crippen molar-refractivity contribution in [3.05, 3.63) is 46.8 Å². The second-order valence-corrected chi connectivity index (χ2v) is 18.5. The fourth-order valence-corrected chi connectivity index (χ4v) is 8.94. The molecule has 0 saturated heterocycles. The number of allylic oxidation sites excluding steroid dienone is 2. The number of carboxylic acid groups (broad SMARTS) is 1. The number of carboxylic acids is 1. The number of unbranched alkanes of at least 4 members (excludes halogenated alkanes) is 12. The standard InChI is InChI=1S/C50H78N4O11/c1-6-7-8-9-10-11-12-13-14-15-16-17-18-19-46(61)53(4)37(32-55)22-26-45(60)51-34(3)41(56)25-27-47(62)54(5)48-36-21-24-43(58)39(31-36)38-29-35(20-23-42(38)57)30-40(50(64)65)52-49(63)33(2)28-44(48)59/h20-21,24,29,33-34,36-37,40,42,48,55,57-58H,6-19,22-23,25-28,30-32H2,1-5H3,(H,51,60)(H,52,63)(H,64,65)/t33-,34-,36+,37-,40+,42?,48+/m1/s1. The second-order valence-electron chi connectivity index (χ2n) is 18.5. The van der Waals surface area contributed by atoms with Gasteiger partial charge in [0.2, 0.25) is 23.6 Å². The molecule has 2 aliphatic carbocycles. The maximum Gasteiger partial charge on any atom is 0.326 e. The predicted octanol–water partition coefficient (Wildman–Crippen LogP) is 6.32. The Labute approximate surface area is 386 Å². The van der Waals surface area contributed by atoms with E-state index < -0.39 is 77.4 Å². The Kier molecular flexibility index (Phi) is 23.9. The molecule has 0 aromatic carbocycles. The van der Waals surface area contributed by atoms with Crippen LogP contribution < -0.4 is 10.6 Å². The molecule has 364 valence electrons. The Balaban J connectivity index is 1.51. The van der Waals surface area contributed by atoms with Crippen LogP contribution in [0.1, 0.15) is 162 Å². The summed E-state index contributed by atoms with van der Waals surface area (Å²) < 4.78 is 0. The van der Waals surface area contributed by atoms with E-state index in [2.05, 4.69) is 17.6 Å². The van der Waals surface area contributed by atoms with Crippen molar-refractivity contribution in [1.29, 1.82) is 0 Å². The third-order valence-electron chi connectivity index (χ3n) is 13.3. The molecule has 4 amide bonds. The van der Waals surface area contributed by atoms with Gasteiger partial charge in [0.15, 0.2) is 11.6 Å². The number of hydrogen-bond donors (Lipinski definition) is 6. The van der Waals surface area contributed by atoms with Gasteiger partial charge in [0.25, 0.3) is 0 Å². The number of aliphatic hydroxyl groups is 3. The molecule has 0 spiro atoms. The molecule has 0 fully saturated rings. The highest BCUT2D eigenvalue weighted by Crippen LogP contribution is 2.37. The van der Waals surface area contributed by atoms with E-state index in [1.165, 1.54) is 101 Å². The number of hydrogen-bond acceptors (Lipinski definition) is 10. The summed E-state index contributed by atoms with van der Waals surface area (Å²) >= 11 is 0. The maximum absolute atomic E-state index is 14.1. The first-order chi connectivity index (χ1) is 31.0. The van der Waals surface area contributed by atoms with Crippen LogP contribution in [-0.4, -0.2) is 122 Å². The van der Waals surface area contributed by atoms with Crippen LogP contribution in [0.5, 0.6) is 0 Å². The van der Waals surface area contributed by atoms with E-state index in [4.69, 9.17) is 0 Å². The number of nitrogens with one attached hydrogen (secondary N) is 2. The summed E-state index contributed by atoms with van der Waals surface area (Å²) in [4.78, 5) is 94.8. The molecule has 3 aliphatic rings. The topological polar surface area (TPSA) is 231 Å². The lowest BCUT2D eigenvalue weighted by atomic mass is 9.78. The average Bonchev–Trinajstić information content (AvgIpc) is 3.27. The number of carbonyl (C=O) groups is 7. The molecule has 0 radical (unpaired) electrons. The van der Waals surface area contributed by atoms with E-state index in [0.29, 0.717) is 23.1 Å².